The Balaban J connectivity index is 3.77. The van der Waals surface area contributed by atoms with Crippen molar-refractivity contribution >= 4 is 17.9 Å². The van der Waals surface area contributed by atoms with Crippen LogP contribution in [0.4, 0.5) is 39.5 Å². The first kappa shape index (κ1) is 29.0. The number of hydrogen-bond donors (Lipinski definition) is 0. The van der Waals surface area contributed by atoms with Crippen LogP contribution in [0.2, 0.25) is 0 Å². The van der Waals surface area contributed by atoms with Crippen LogP contribution in [0.5, 0.6) is 0 Å². The number of alkyl halides is 9. The Morgan fingerprint density at radius 2 is 1.18 bits per heavy atom. The molecule has 0 spiro atoms. The number of hydrogen-bond acceptors (Lipinski definition) is 6. The normalized spacial score (nSPS) is 32.6. The van der Waals surface area contributed by atoms with Crippen LogP contribution in [-0.2, 0) is 28.6 Å². The third kappa shape index (κ3) is 4.15. The second-order valence-electron chi connectivity index (χ2n) is 6.87. The van der Waals surface area contributed by atoms with Crippen LogP contribution in [0, 0.1) is 0 Å². The summed E-state index contributed by atoms with van der Waals surface area (Å²) in [5, 5.41) is 0. The first-order chi connectivity index (χ1) is 15.4. The SMILES string of the molecule is C=CC(=O)OCC(F)C1(F)C(F)C(F)(COC(=O)C=C)C(F)(F)C(F)(F)C1(F)COC(=O)C=C. The molecule has 0 bridgehead atoms. The Bertz CT molecular complexity index is 865. The van der Waals surface area contributed by atoms with Crippen LogP contribution in [0.25, 0.3) is 0 Å². The van der Waals surface area contributed by atoms with Crippen LogP contribution in [0.1, 0.15) is 0 Å². The van der Waals surface area contributed by atoms with E-state index in [0.29, 0.717) is 6.08 Å². The molecule has 0 heterocycles. The van der Waals surface area contributed by atoms with Gasteiger partial charge < -0.3 is 14.2 Å². The zero-order valence-corrected chi connectivity index (χ0v) is 17.0. The van der Waals surface area contributed by atoms with Gasteiger partial charge in [0.15, 0.2) is 12.3 Å². The van der Waals surface area contributed by atoms with Gasteiger partial charge in [0.25, 0.3) is 5.67 Å². The van der Waals surface area contributed by atoms with E-state index in [1.807, 2.05) is 0 Å². The minimum absolute atomic E-state index is 0.183. The molecule has 1 rings (SSSR count). The minimum atomic E-state index is -6.65. The maximum atomic E-state index is 15.7. The number of ether oxygens (including phenoxy) is 3. The second kappa shape index (κ2) is 9.70. The van der Waals surface area contributed by atoms with Crippen molar-refractivity contribution in [1.82, 2.24) is 0 Å². The summed E-state index contributed by atoms with van der Waals surface area (Å²) in [5.74, 6) is -18.3. The first-order valence-corrected chi connectivity index (χ1v) is 8.92. The van der Waals surface area contributed by atoms with Crippen LogP contribution in [-0.4, -0.2) is 78.9 Å². The quantitative estimate of drug-likeness (QED) is 0.194. The van der Waals surface area contributed by atoms with Crippen molar-refractivity contribution in [2.75, 3.05) is 19.8 Å². The van der Waals surface area contributed by atoms with Gasteiger partial charge >= 0.3 is 29.8 Å². The van der Waals surface area contributed by atoms with E-state index < -0.39 is 78.9 Å². The van der Waals surface area contributed by atoms with Gasteiger partial charge in [0.2, 0.25) is 11.3 Å². The monoisotopic (exact) mass is 512 g/mol. The standard InChI is InChI=1S/C19H17F9O6/c1-4-11(29)32-7-10(20)17(24)14(21)15(22,8-33-12(30)5-2)18(25,26)19(27,28)16(17,23)9-34-13(31)6-3/h4-6,10,14H,1-3,7-9H2. The maximum Gasteiger partial charge on any atom is 0.353 e. The zero-order chi connectivity index (χ0) is 26.8. The molecule has 0 aromatic carbocycles. The molecular formula is C19H17F9O6. The van der Waals surface area contributed by atoms with E-state index in [1.54, 1.807) is 0 Å². The molecular weight excluding hydrogens is 495 g/mol. The largest absolute Gasteiger partial charge is 0.459 e. The molecule has 5 unspecified atom stereocenters. The summed E-state index contributed by atoms with van der Waals surface area (Å²) in [5.41, 5.74) is -17.0. The minimum Gasteiger partial charge on any atom is -0.459 e. The van der Waals surface area contributed by atoms with Crippen LogP contribution >= 0.6 is 0 Å². The van der Waals surface area contributed by atoms with Crippen LogP contribution in [0.3, 0.4) is 0 Å². The van der Waals surface area contributed by atoms with Crippen molar-refractivity contribution in [3.8, 4) is 0 Å². The van der Waals surface area contributed by atoms with Gasteiger partial charge in [-0.1, -0.05) is 19.7 Å². The third-order valence-electron chi connectivity index (χ3n) is 4.96. The highest BCUT2D eigenvalue weighted by atomic mass is 19.3. The van der Waals surface area contributed by atoms with Gasteiger partial charge in [-0.3, -0.25) is 0 Å². The highest BCUT2D eigenvalue weighted by Gasteiger charge is 2.94. The molecule has 1 aliphatic rings. The van der Waals surface area contributed by atoms with Gasteiger partial charge in [0, 0.05) is 18.2 Å². The average Bonchev–Trinajstić information content (AvgIpc) is 2.80. The van der Waals surface area contributed by atoms with Crippen molar-refractivity contribution < 1.29 is 68.1 Å². The van der Waals surface area contributed by atoms with E-state index in [9.17, 15) is 36.3 Å². The summed E-state index contributed by atoms with van der Waals surface area (Å²) in [4.78, 5) is 33.3. The summed E-state index contributed by atoms with van der Waals surface area (Å²) in [6, 6.07) is 0. The molecule has 0 saturated heterocycles. The van der Waals surface area contributed by atoms with Crippen molar-refractivity contribution in [2.45, 2.75) is 41.2 Å². The Morgan fingerprint density at radius 1 is 0.765 bits per heavy atom. The third-order valence-corrected chi connectivity index (χ3v) is 4.96. The molecule has 0 radical (unpaired) electrons. The topological polar surface area (TPSA) is 78.9 Å². The van der Waals surface area contributed by atoms with E-state index in [2.05, 4.69) is 33.9 Å². The molecule has 1 fully saturated rings. The van der Waals surface area contributed by atoms with Crippen molar-refractivity contribution in [3.05, 3.63) is 38.0 Å². The first-order valence-electron chi connectivity index (χ1n) is 8.92. The fourth-order valence-electron chi connectivity index (χ4n) is 3.02. The fourth-order valence-corrected chi connectivity index (χ4v) is 3.02. The van der Waals surface area contributed by atoms with Gasteiger partial charge in [-0.25, -0.2) is 36.3 Å². The lowest BCUT2D eigenvalue weighted by Crippen LogP contribution is -2.86. The highest BCUT2D eigenvalue weighted by molar-refractivity contribution is 5.82. The van der Waals surface area contributed by atoms with Crippen molar-refractivity contribution in [2.24, 2.45) is 0 Å². The zero-order valence-electron chi connectivity index (χ0n) is 17.0. The van der Waals surface area contributed by atoms with E-state index >= 15 is 17.6 Å². The van der Waals surface area contributed by atoms with E-state index in [0.717, 1.165) is 0 Å². The fraction of sp³-hybridized carbons (Fsp3) is 0.526. The number of halogens is 9. The molecule has 15 heteroatoms. The second-order valence-corrected chi connectivity index (χ2v) is 6.87. The number of carbonyl (C=O) groups is 3. The Labute approximate surface area is 186 Å². The summed E-state index contributed by atoms with van der Waals surface area (Å²) >= 11 is 0. The maximum absolute atomic E-state index is 15.7. The van der Waals surface area contributed by atoms with E-state index in [4.69, 9.17) is 0 Å². The lowest BCUT2D eigenvalue weighted by Gasteiger charge is -2.56. The lowest BCUT2D eigenvalue weighted by molar-refractivity contribution is -0.405. The van der Waals surface area contributed by atoms with Crippen LogP contribution in [0.15, 0.2) is 38.0 Å². The van der Waals surface area contributed by atoms with Gasteiger partial charge in [0.05, 0.1) is 0 Å². The molecule has 5 atom stereocenters. The van der Waals surface area contributed by atoms with Crippen molar-refractivity contribution in [1.29, 1.82) is 0 Å². The predicted molar refractivity (Wildman–Crippen MR) is 94.7 cm³/mol. The molecule has 192 valence electrons. The highest BCUT2D eigenvalue weighted by Crippen LogP contribution is 2.65. The number of rotatable bonds is 10. The molecule has 0 aliphatic heterocycles. The summed E-state index contributed by atoms with van der Waals surface area (Å²) in [6.07, 6.45) is -8.22. The summed E-state index contributed by atoms with van der Waals surface area (Å²) < 4.78 is 146. The molecule has 6 nitrogen and oxygen atoms in total. The predicted octanol–water partition coefficient (Wildman–Crippen LogP) is 3.26. The molecule has 0 aromatic heterocycles. The molecule has 1 saturated carbocycles. The summed E-state index contributed by atoms with van der Waals surface area (Å²) in [6.45, 7) is 0.900. The molecule has 34 heavy (non-hydrogen) atoms. The Morgan fingerprint density at radius 3 is 1.62 bits per heavy atom. The molecule has 0 aromatic rings. The average molecular weight is 512 g/mol. The van der Waals surface area contributed by atoms with Crippen molar-refractivity contribution in [3.63, 3.8) is 0 Å². The summed E-state index contributed by atoms with van der Waals surface area (Å²) in [7, 11) is 0. The van der Waals surface area contributed by atoms with Gasteiger partial charge in [-0.05, 0) is 0 Å². The number of carbonyl (C=O) groups excluding carboxylic acids is 3. The molecule has 0 amide bonds. The Hall–Kier alpha value is -3.00. The number of esters is 3. The van der Waals surface area contributed by atoms with E-state index in [1.165, 1.54) is 0 Å². The lowest BCUT2D eigenvalue weighted by atomic mass is 9.61. The Kier molecular flexibility index (Phi) is 8.28. The van der Waals surface area contributed by atoms with Crippen LogP contribution < -0.4 is 0 Å². The van der Waals surface area contributed by atoms with Gasteiger partial charge in [-0.2, -0.15) is 17.6 Å². The molecule has 1 aliphatic carbocycles. The smallest absolute Gasteiger partial charge is 0.353 e. The molecule has 0 N–H and O–H groups in total. The van der Waals surface area contributed by atoms with Gasteiger partial charge in [0.1, 0.15) is 19.8 Å². The van der Waals surface area contributed by atoms with Gasteiger partial charge in [-0.15, -0.1) is 0 Å². The van der Waals surface area contributed by atoms with E-state index in [-0.39, 0.29) is 12.2 Å².